The van der Waals surface area contributed by atoms with Gasteiger partial charge in [0.25, 0.3) is 0 Å². The fourth-order valence-corrected chi connectivity index (χ4v) is 0.528. The second kappa shape index (κ2) is 5.49. The fourth-order valence-electron chi connectivity index (χ4n) is 0.361. The van der Waals surface area contributed by atoms with Gasteiger partial charge in [-0.25, -0.2) is 4.79 Å². The Morgan fingerprint density at radius 3 is 2.75 bits per heavy atom. The number of hydrogen-bond acceptors (Lipinski definition) is 4. The summed E-state index contributed by atoms with van der Waals surface area (Å²) >= 11 is 0. The van der Waals surface area contributed by atoms with Crippen molar-refractivity contribution in [3.63, 3.8) is 0 Å². The Kier molecular flexibility index (Phi) is 4.97. The third kappa shape index (κ3) is 4.63. The van der Waals surface area contributed by atoms with Crippen LogP contribution in [0.2, 0.25) is 0 Å². The molecule has 0 saturated heterocycles. The van der Waals surface area contributed by atoms with Crippen LogP contribution in [0, 0.1) is 0 Å². The Labute approximate surface area is 71.7 Å². The molecule has 0 rings (SSSR count). The smallest absolute Gasteiger partial charge is 0.401 e. The molecule has 0 amide bonds. The van der Waals surface area contributed by atoms with Gasteiger partial charge in [-0.1, -0.05) is 11.1 Å². The van der Waals surface area contributed by atoms with E-state index < -0.39 is 14.4 Å². The predicted octanol–water partition coefficient (Wildman–Crippen LogP) is 1.53. The van der Waals surface area contributed by atoms with Crippen LogP contribution in [-0.2, 0) is 14.1 Å². The van der Waals surface area contributed by atoms with Crippen molar-refractivity contribution >= 4 is 14.4 Å². The lowest BCUT2D eigenvalue weighted by Crippen LogP contribution is -2.04. The first-order valence-corrected chi connectivity index (χ1v) is 4.08. The molecule has 0 spiro atoms. The first kappa shape index (κ1) is 10.8. The molecule has 0 saturated carbocycles. The standard InChI is InChI=1S/C7H9O4P/c1-5(2)7(9)11-4-3-6(8)12-10/h3,8H,1,4H2,2H3/p+1. The zero-order valence-electron chi connectivity index (χ0n) is 6.66. The van der Waals surface area contributed by atoms with Gasteiger partial charge in [0.1, 0.15) is 6.61 Å². The molecule has 5 heteroatoms. The molecule has 0 aliphatic rings. The summed E-state index contributed by atoms with van der Waals surface area (Å²) in [5, 5.41) is 8.66. The first-order chi connectivity index (χ1) is 5.57. The van der Waals surface area contributed by atoms with E-state index in [1.54, 1.807) is 0 Å². The number of carbonyl (C=O) groups excluding carboxylic acids is 1. The number of esters is 1. The maximum absolute atomic E-state index is 10.7. The molecule has 0 aliphatic heterocycles. The monoisotopic (exact) mass is 189 g/mol. The van der Waals surface area contributed by atoms with E-state index in [1.165, 1.54) is 6.92 Å². The highest BCUT2D eigenvalue weighted by Crippen LogP contribution is 2.05. The molecule has 66 valence electrons. The molecule has 0 aromatic heterocycles. The van der Waals surface area contributed by atoms with Crippen molar-refractivity contribution < 1.29 is 19.2 Å². The van der Waals surface area contributed by atoms with Crippen LogP contribution in [-0.4, -0.2) is 17.7 Å². The van der Waals surface area contributed by atoms with Crippen LogP contribution in [0.5, 0.6) is 0 Å². The molecule has 0 radical (unpaired) electrons. The molecule has 0 aromatic rings. The molecule has 12 heavy (non-hydrogen) atoms. The summed E-state index contributed by atoms with van der Waals surface area (Å²) in [5.74, 6) is -0.534. The van der Waals surface area contributed by atoms with Crippen LogP contribution in [0.25, 0.3) is 0 Å². The second-order valence-corrected chi connectivity index (χ2v) is 2.79. The molecule has 1 N–H and O–H groups in total. The van der Waals surface area contributed by atoms with E-state index in [-0.39, 0.29) is 17.7 Å². The summed E-state index contributed by atoms with van der Waals surface area (Å²) in [4.78, 5) is 10.7. The third-order valence-corrected chi connectivity index (χ3v) is 1.36. The van der Waals surface area contributed by atoms with E-state index in [9.17, 15) is 9.36 Å². The van der Waals surface area contributed by atoms with Gasteiger partial charge >= 0.3 is 19.9 Å². The van der Waals surface area contributed by atoms with Gasteiger partial charge in [0.2, 0.25) is 0 Å². The molecule has 0 fully saturated rings. The highest BCUT2D eigenvalue weighted by molar-refractivity contribution is 7.28. The lowest BCUT2D eigenvalue weighted by Gasteiger charge is -1.97. The van der Waals surface area contributed by atoms with Crippen LogP contribution in [0.1, 0.15) is 6.92 Å². The average Bonchev–Trinajstić information content (AvgIpc) is 2.03. The number of rotatable bonds is 4. The minimum absolute atomic E-state index is 0.0905. The molecule has 0 bridgehead atoms. The molecule has 1 unspecified atom stereocenters. The molecule has 0 heterocycles. The van der Waals surface area contributed by atoms with Gasteiger partial charge < -0.3 is 9.84 Å². The van der Waals surface area contributed by atoms with E-state index in [0.717, 1.165) is 6.08 Å². The van der Waals surface area contributed by atoms with Gasteiger partial charge in [0.15, 0.2) is 0 Å². The van der Waals surface area contributed by atoms with Crippen LogP contribution < -0.4 is 0 Å². The SMILES string of the molecule is C=C(C)C(=O)OCC=C(O)[PH+]=O. The average molecular weight is 189 g/mol. The highest BCUT2D eigenvalue weighted by Gasteiger charge is 2.03. The first-order valence-electron chi connectivity index (χ1n) is 3.18. The summed E-state index contributed by atoms with van der Waals surface area (Å²) in [6, 6.07) is 0. The van der Waals surface area contributed by atoms with Gasteiger partial charge in [-0.05, 0) is 6.92 Å². The van der Waals surface area contributed by atoms with Crippen molar-refractivity contribution in [1.29, 1.82) is 0 Å². The van der Waals surface area contributed by atoms with E-state index in [1.807, 2.05) is 0 Å². The van der Waals surface area contributed by atoms with E-state index >= 15 is 0 Å². The van der Waals surface area contributed by atoms with Crippen LogP contribution in [0.15, 0.2) is 23.7 Å². The van der Waals surface area contributed by atoms with Gasteiger partial charge in [-0.15, -0.1) is 0 Å². The van der Waals surface area contributed by atoms with Gasteiger partial charge in [-0.3, -0.25) is 0 Å². The Bertz CT molecular complexity index is 232. The number of carbonyl (C=O) groups is 1. The Hall–Kier alpha value is -1.15. The van der Waals surface area contributed by atoms with Gasteiger partial charge in [0, 0.05) is 11.6 Å². The van der Waals surface area contributed by atoms with E-state index in [4.69, 9.17) is 5.11 Å². The summed E-state index contributed by atoms with van der Waals surface area (Å²) in [5.41, 5.74) is -0.0167. The number of aliphatic hydroxyl groups is 1. The zero-order valence-corrected chi connectivity index (χ0v) is 7.66. The topological polar surface area (TPSA) is 63.6 Å². The summed E-state index contributed by atoms with van der Waals surface area (Å²) < 4.78 is 14.6. The summed E-state index contributed by atoms with van der Waals surface area (Å²) in [7, 11) is -0.918. The van der Waals surface area contributed by atoms with Crippen molar-refractivity contribution in [2.24, 2.45) is 0 Å². The Balaban J connectivity index is 3.78. The molecular weight excluding hydrogens is 179 g/mol. The summed E-state index contributed by atoms with van der Waals surface area (Å²) in [6.07, 6.45) is 1.16. The van der Waals surface area contributed by atoms with Crippen molar-refractivity contribution in [1.82, 2.24) is 0 Å². The zero-order chi connectivity index (χ0) is 9.56. The second-order valence-electron chi connectivity index (χ2n) is 2.07. The number of aliphatic hydroxyl groups excluding tert-OH is 1. The van der Waals surface area contributed by atoms with Gasteiger partial charge in [0.05, 0.1) is 0 Å². The van der Waals surface area contributed by atoms with Crippen molar-refractivity contribution in [3.8, 4) is 0 Å². The Morgan fingerprint density at radius 1 is 1.75 bits per heavy atom. The van der Waals surface area contributed by atoms with Crippen LogP contribution in [0.4, 0.5) is 0 Å². The molecule has 4 nitrogen and oxygen atoms in total. The molecule has 1 atom stereocenters. The predicted molar refractivity (Wildman–Crippen MR) is 45.5 cm³/mol. The van der Waals surface area contributed by atoms with Crippen molar-refractivity contribution in [2.45, 2.75) is 6.92 Å². The quantitative estimate of drug-likeness (QED) is 0.315. The largest absolute Gasteiger partial charge is 0.474 e. The minimum Gasteiger partial charge on any atom is -0.474 e. The highest BCUT2D eigenvalue weighted by atomic mass is 31.1. The van der Waals surface area contributed by atoms with Crippen LogP contribution >= 0.6 is 8.46 Å². The number of ether oxygens (including phenoxy) is 1. The molecular formula is C7H10O4P+. The van der Waals surface area contributed by atoms with Crippen molar-refractivity contribution in [3.05, 3.63) is 23.7 Å². The van der Waals surface area contributed by atoms with Gasteiger partial charge in [-0.2, -0.15) is 0 Å². The summed E-state index contributed by atoms with van der Waals surface area (Å²) in [6.45, 7) is 4.78. The Morgan fingerprint density at radius 2 is 2.33 bits per heavy atom. The molecule has 0 aliphatic carbocycles. The maximum Gasteiger partial charge on any atom is 0.401 e. The lowest BCUT2D eigenvalue weighted by molar-refractivity contribution is -0.137. The van der Waals surface area contributed by atoms with E-state index in [2.05, 4.69) is 11.3 Å². The molecule has 0 aromatic carbocycles. The van der Waals surface area contributed by atoms with Crippen LogP contribution in [0.3, 0.4) is 0 Å². The fraction of sp³-hybridized carbons (Fsp3) is 0.286. The minimum atomic E-state index is -0.918. The third-order valence-electron chi connectivity index (χ3n) is 0.944. The van der Waals surface area contributed by atoms with Crippen molar-refractivity contribution in [2.75, 3.05) is 6.61 Å². The normalized spacial score (nSPS) is 11.2. The maximum atomic E-state index is 10.7. The lowest BCUT2D eigenvalue weighted by atomic mass is 10.4. The van der Waals surface area contributed by atoms with E-state index in [0.29, 0.717) is 0 Å². The number of hydrogen-bond donors (Lipinski definition) is 1.